The highest BCUT2D eigenvalue weighted by molar-refractivity contribution is 6.31. The van der Waals surface area contributed by atoms with Crippen LogP contribution >= 0.6 is 11.6 Å². The zero-order valence-electron chi connectivity index (χ0n) is 18.6. The van der Waals surface area contributed by atoms with E-state index in [-0.39, 0.29) is 18.3 Å². The highest BCUT2D eigenvalue weighted by Crippen LogP contribution is 2.29. The van der Waals surface area contributed by atoms with Gasteiger partial charge < -0.3 is 15.0 Å². The Morgan fingerprint density at radius 3 is 2.33 bits per heavy atom. The normalized spacial score (nSPS) is 15.5. The second-order valence-corrected chi connectivity index (χ2v) is 8.20. The SMILES string of the molecule is COC(=O)C(c1ccccc1Cl)N1CCN(CCC(=O)NC(=O)NCc2ccccc2)CC1. The molecule has 1 atom stereocenters. The monoisotopic (exact) mass is 472 g/mol. The van der Waals surface area contributed by atoms with E-state index in [2.05, 4.69) is 15.5 Å². The first kappa shape index (κ1) is 24.7. The van der Waals surface area contributed by atoms with Crippen molar-refractivity contribution in [3.8, 4) is 0 Å². The van der Waals surface area contributed by atoms with Crippen molar-refractivity contribution < 1.29 is 19.1 Å². The summed E-state index contributed by atoms with van der Waals surface area (Å²) >= 11 is 6.33. The molecule has 0 radical (unpaired) electrons. The summed E-state index contributed by atoms with van der Waals surface area (Å²) in [6.07, 6.45) is 0.212. The predicted octanol–water partition coefficient (Wildman–Crippen LogP) is 2.59. The van der Waals surface area contributed by atoms with Gasteiger partial charge in [-0.1, -0.05) is 60.1 Å². The molecule has 33 heavy (non-hydrogen) atoms. The number of urea groups is 1. The van der Waals surface area contributed by atoms with Gasteiger partial charge in [0.25, 0.3) is 0 Å². The van der Waals surface area contributed by atoms with Gasteiger partial charge in [0, 0.05) is 50.7 Å². The highest BCUT2D eigenvalue weighted by Gasteiger charge is 2.32. The molecule has 8 nitrogen and oxygen atoms in total. The number of piperazine rings is 1. The minimum atomic E-state index is -0.567. The van der Waals surface area contributed by atoms with Crippen molar-refractivity contribution in [3.63, 3.8) is 0 Å². The van der Waals surface area contributed by atoms with Gasteiger partial charge in [0.05, 0.1) is 7.11 Å². The van der Waals surface area contributed by atoms with Gasteiger partial charge in [0.2, 0.25) is 5.91 Å². The van der Waals surface area contributed by atoms with Crippen LogP contribution in [-0.2, 0) is 20.9 Å². The zero-order valence-corrected chi connectivity index (χ0v) is 19.4. The summed E-state index contributed by atoms with van der Waals surface area (Å²) in [5.74, 6) is -0.677. The van der Waals surface area contributed by atoms with E-state index in [1.807, 2.05) is 53.4 Å². The van der Waals surface area contributed by atoms with Gasteiger partial charge in [-0.25, -0.2) is 9.59 Å². The van der Waals surface area contributed by atoms with Crippen molar-refractivity contribution >= 4 is 29.5 Å². The third kappa shape index (κ3) is 7.28. The van der Waals surface area contributed by atoms with Crippen LogP contribution in [0.1, 0.15) is 23.6 Å². The molecule has 9 heteroatoms. The van der Waals surface area contributed by atoms with Crippen molar-refractivity contribution in [3.05, 3.63) is 70.7 Å². The number of hydrogen-bond acceptors (Lipinski definition) is 6. The number of nitrogens with one attached hydrogen (secondary N) is 2. The van der Waals surface area contributed by atoms with Gasteiger partial charge in [0.1, 0.15) is 6.04 Å². The summed E-state index contributed by atoms with van der Waals surface area (Å²) < 4.78 is 5.02. The number of methoxy groups -OCH3 is 1. The van der Waals surface area contributed by atoms with Gasteiger partial charge in [-0.2, -0.15) is 0 Å². The molecule has 3 rings (SSSR count). The van der Waals surface area contributed by atoms with E-state index in [1.54, 1.807) is 6.07 Å². The first-order valence-electron chi connectivity index (χ1n) is 10.9. The lowest BCUT2D eigenvalue weighted by atomic mass is 10.0. The maximum Gasteiger partial charge on any atom is 0.327 e. The predicted molar refractivity (Wildman–Crippen MR) is 126 cm³/mol. The quantitative estimate of drug-likeness (QED) is 0.574. The molecule has 0 bridgehead atoms. The number of nitrogens with zero attached hydrogens (tertiary/aromatic N) is 2. The molecule has 2 aromatic carbocycles. The Labute approximate surface area is 198 Å². The second kappa shape index (κ2) is 12.3. The average Bonchev–Trinajstić information content (AvgIpc) is 2.84. The van der Waals surface area contributed by atoms with Crippen molar-refractivity contribution in [2.24, 2.45) is 0 Å². The van der Waals surface area contributed by atoms with E-state index in [0.29, 0.717) is 44.3 Å². The van der Waals surface area contributed by atoms with Gasteiger partial charge in [-0.05, 0) is 17.2 Å². The van der Waals surface area contributed by atoms with E-state index in [9.17, 15) is 14.4 Å². The van der Waals surface area contributed by atoms with Gasteiger partial charge >= 0.3 is 12.0 Å². The third-order valence-electron chi connectivity index (χ3n) is 5.60. The van der Waals surface area contributed by atoms with E-state index in [1.165, 1.54) is 7.11 Å². The largest absolute Gasteiger partial charge is 0.468 e. The molecule has 2 aromatic rings. The summed E-state index contributed by atoms with van der Waals surface area (Å²) in [7, 11) is 1.37. The van der Waals surface area contributed by atoms with E-state index in [0.717, 1.165) is 11.1 Å². The number of carbonyl (C=O) groups is 3. The molecule has 1 unspecified atom stereocenters. The summed E-state index contributed by atoms with van der Waals surface area (Å²) in [5.41, 5.74) is 1.68. The fourth-order valence-electron chi connectivity index (χ4n) is 3.80. The van der Waals surface area contributed by atoms with Crippen LogP contribution in [0.3, 0.4) is 0 Å². The minimum Gasteiger partial charge on any atom is -0.468 e. The average molecular weight is 473 g/mol. The van der Waals surface area contributed by atoms with Crippen LogP contribution in [0.25, 0.3) is 0 Å². The molecular formula is C24H29ClN4O4. The van der Waals surface area contributed by atoms with Crippen LogP contribution in [0.2, 0.25) is 5.02 Å². The van der Waals surface area contributed by atoms with Crippen molar-refractivity contribution in [1.29, 1.82) is 0 Å². The number of amides is 3. The zero-order chi connectivity index (χ0) is 23.6. The Kier molecular flexibility index (Phi) is 9.24. The Morgan fingerprint density at radius 2 is 1.67 bits per heavy atom. The molecule has 0 saturated carbocycles. The summed E-state index contributed by atoms with van der Waals surface area (Å²) in [5, 5.41) is 5.57. The van der Waals surface area contributed by atoms with Gasteiger partial charge in [0.15, 0.2) is 0 Å². The summed E-state index contributed by atoms with van der Waals surface area (Å²) in [6.45, 7) is 3.51. The number of ether oxygens (including phenoxy) is 1. The number of esters is 1. The van der Waals surface area contributed by atoms with Crippen LogP contribution in [0.15, 0.2) is 54.6 Å². The van der Waals surface area contributed by atoms with Crippen molar-refractivity contribution in [1.82, 2.24) is 20.4 Å². The molecule has 0 aliphatic carbocycles. The number of carbonyl (C=O) groups excluding carboxylic acids is 3. The van der Waals surface area contributed by atoms with Crippen molar-refractivity contribution in [2.45, 2.75) is 19.0 Å². The lowest BCUT2D eigenvalue weighted by Gasteiger charge is -2.38. The number of rotatable bonds is 8. The minimum absolute atomic E-state index is 0.212. The Balaban J connectivity index is 1.43. The molecule has 176 valence electrons. The molecule has 0 aromatic heterocycles. The lowest BCUT2D eigenvalue weighted by Crippen LogP contribution is -2.50. The molecule has 1 aliphatic rings. The van der Waals surface area contributed by atoms with Gasteiger partial charge in [-0.15, -0.1) is 0 Å². The maximum atomic E-state index is 12.5. The molecule has 1 aliphatic heterocycles. The van der Waals surface area contributed by atoms with Crippen LogP contribution in [0.4, 0.5) is 4.79 Å². The van der Waals surface area contributed by atoms with Gasteiger partial charge in [-0.3, -0.25) is 15.0 Å². The van der Waals surface area contributed by atoms with Crippen molar-refractivity contribution in [2.75, 3.05) is 39.8 Å². The maximum absolute atomic E-state index is 12.5. The Morgan fingerprint density at radius 1 is 1.00 bits per heavy atom. The Bertz CT molecular complexity index is 948. The van der Waals surface area contributed by atoms with Crippen LogP contribution in [0.5, 0.6) is 0 Å². The summed E-state index contributed by atoms with van der Waals surface area (Å²) in [6, 6.07) is 15.7. The lowest BCUT2D eigenvalue weighted by molar-refractivity contribution is -0.148. The second-order valence-electron chi connectivity index (χ2n) is 7.79. The van der Waals surface area contributed by atoms with Crippen LogP contribution < -0.4 is 10.6 Å². The first-order valence-corrected chi connectivity index (χ1v) is 11.3. The number of halogens is 1. The number of hydrogen-bond donors (Lipinski definition) is 2. The van der Waals surface area contributed by atoms with Crippen LogP contribution in [-0.4, -0.2) is 67.5 Å². The Hall–Kier alpha value is -2.94. The third-order valence-corrected chi connectivity index (χ3v) is 5.94. The molecule has 1 heterocycles. The fourth-order valence-corrected chi connectivity index (χ4v) is 4.04. The van der Waals surface area contributed by atoms with E-state index in [4.69, 9.17) is 16.3 Å². The molecule has 1 saturated heterocycles. The fraction of sp³-hybridized carbons (Fsp3) is 0.375. The molecule has 3 amide bonds. The smallest absolute Gasteiger partial charge is 0.327 e. The molecule has 2 N–H and O–H groups in total. The number of imide groups is 1. The molecular weight excluding hydrogens is 444 g/mol. The summed E-state index contributed by atoms with van der Waals surface area (Å²) in [4.78, 5) is 40.7. The topological polar surface area (TPSA) is 91.0 Å². The number of benzene rings is 2. The van der Waals surface area contributed by atoms with E-state index >= 15 is 0 Å². The van der Waals surface area contributed by atoms with E-state index < -0.39 is 12.1 Å². The molecule has 1 fully saturated rings. The highest BCUT2D eigenvalue weighted by atomic mass is 35.5. The standard InChI is InChI=1S/C24H29ClN4O4/c1-33-23(31)22(19-9-5-6-10-20(19)25)29-15-13-28(14-16-29)12-11-21(30)27-24(32)26-17-18-7-3-2-4-8-18/h2-10,22H,11-17H2,1H3,(H2,26,27,30,32). The molecule has 0 spiro atoms. The first-order chi connectivity index (χ1) is 16.0. The van der Waals surface area contributed by atoms with Crippen LogP contribution in [0, 0.1) is 0 Å².